The van der Waals surface area contributed by atoms with E-state index in [4.69, 9.17) is 31.5 Å². The lowest BCUT2D eigenvalue weighted by Crippen LogP contribution is -2.24. The first-order valence-electron chi connectivity index (χ1n) is 6.80. The molecule has 1 aliphatic rings. The van der Waals surface area contributed by atoms with E-state index in [1.165, 1.54) is 7.11 Å². The van der Waals surface area contributed by atoms with Gasteiger partial charge in [-0.1, -0.05) is 11.6 Å². The van der Waals surface area contributed by atoms with Crippen molar-refractivity contribution < 1.29 is 14.2 Å². The van der Waals surface area contributed by atoms with E-state index >= 15 is 0 Å². The Labute approximate surface area is 133 Å². The molecule has 3 rings (SSSR count). The van der Waals surface area contributed by atoms with Gasteiger partial charge in [-0.2, -0.15) is 4.98 Å². The highest BCUT2D eigenvalue weighted by Crippen LogP contribution is 2.41. The molecule has 1 aliphatic heterocycles. The highest BCUT2D eigenvalue weighted by atomic mass is 35.5. The summed E-state index contributed by atoms with van der Waals surface area (Å²) in [5, 5.41) is 0.543. The molecule has 22 heavy (non-hydrogen) atoms. The minimum Gasteiger partial charge on any atom is -0.487 e. The molecule has 0 saturated heterocycles. The number of hydrogen-bond acceptors (Lipinski definition) is 6. The Kier molecular flexibility index (Phi) is 4.04. The highest BCUT2D eigenvalue weighted by molar-refractivity contribution is 6.32. The number of hydrogen-bond donors (Lipinski definition) is 1. The van der Waals surface area contributed by atoms with Gasteiger partial charge in [-0.05, 0) is 17.7 Å². The molecule has 2 heterocycles. The van der Waals surface area contributed by atoms with Crippen LogP contribution in [0.3, 0.4) is 0 Å². The lowest BCUT2D eigenvalue weighted by Gasteiger charge is -2.11. The molecule has 116 valence electrons. The Bertz CT molecular complexity index is 709. The zero-order valence-electron chi connectivity index (χ0n) is 12.3. The van der Waals surface area contributed by atoms with Crippen LogP contribution >= 0.6 is 11.6 Å². The van der Waals surface area contributed by atoms with Crippen molar-refractivity contribution in [2.75, 3.05) is 20.8 Å². The number of nitrogens with zero attached hydrogens (tertiary/aromatic N) is 2. The molecule has 0 unspecified atom stereocenters. The first-order valence-corrected chi connectivity index (χ1v) is 7.18. The Morgan fingerprint density at radius 3 is 2.86 bits per heavy atom. The van der Waals surface area contributed by atoms with E-state index < -0.39 is 0 Å². The third-order valence-corrected chi connectivity index (χ3v) is 3.81. The van der Waals surface area contributed by atoms with Crippen molar-refractivity contribution in [1.29, 1.82) is 0 Å². The summed E-state index contributed by atoms with van der Waals surface area (Å²) in [5.74, 6) is 1.13. The first kappa shape index (κ1) is 14.9. The molecule has 0 amide bonds. The number of ether oxygens (including phenoxy) is 3. The number of nitrogens with two attached hydrogens (primary N) is 1. The molecule has 2 aromatic rings. The summed E-state index contributed by atoms with van der Waals surface area (Å²) in [5.41, 5.74) is 8.30. The summed E-state index contributed by atoms with van der Waals surface area (Å²) in [6, 6.07) is 4.07. The van der Waals surface area contributed by atoms with Crippen LogP contribution in [-0.4, -0.2) is 36.8 Å². The number of rotatable bonds is 4. The second-order valence-electron chi connectivity index (χ2n) is 4.91. The van der Waals surface area contributed by atoms with E-state index in [-0.39, 0.29) is 12.1 Å². The lowest BCUT2D eigenvalue weighted by molar-refractivity contribution is 0.241. The predicted molar refractivity (Wildman–Crippen MR) is 82.8 cm³/mol. The molecular formula is C15H16ClN3O3. The van der Waals surface area contributed by atoms with E-state index in [0.717, 1.165) is 23.1 Å². The van der Waals surface area contributed by atoms with Crippen LogP contribution < -0.4 is 19.9 Å². The van der Waals surface area contributed by atoms with E-state index in [1.807, 2.05) is 12.1 Å². The molecule has 0 aliphatic carbocycles. The molecule has 0 bridgehead atoms. The Hall–Kier alpha value is -2.05. The second-order valence-corrected chi connectivity index (χ2v) is 5.31. The molecule has 0 fully saturated rings. The molecule has 6 nitrogen and oxygen atoms in total. The van der Waals surface area contributed by atoms with Crippen LogP contribution in [0, 0.1) is 0 Å². The van der Waals surface area contributed by atoms with E-state index in [1.54, 1.807) is 13.3 Å². The maximum absolute atomic E-state index is 6.33. The molecule has 0 spiro atoms. The predicted octanol–water partition coefficient (Wildman–Crippen LogP) is 2.08. The first-order chi connectivity index (χ1) is 10.7. The van der Waals surface area contributed by atoms with Gasteiger partial charge in [0.05, 0.1) is 24.8 Å². The van der Waals surface area contributed by atoms with E-state index in [0.29, 0.717) is 23.2 Å². The average molecular weight is 322 g/mol. The van der Waals surface area contributed by atoms with Crippen LogP contribution in [0.25, 0.3) is 11.1 Å². The van der Waals surface area contributed by atoms with Crippen LogP contribution in [0.1, 0.15) is 5.56 Å². The maximum Gasteiger partial charge on any atom is 0.319 e. The topological polar surface area (TPSA) is 79.5 Å². The largest absolute Gasteiger partial charge is 0.487 e. The van der Waals surface area contributed by atoms with Crippen LogP contribution in [0.15, 0.2) is 18.3 Å². The smallest absolute Gasteiger partial charge is 0.319 e. The molecule has 1 atom stereocenters. The van der Waals surface area contributed by atoms with Gasteiger partial charge in [0.25, 0.3) is 0 Å². The molecule has 0 radical (unpaired) electrons. The van der Waals surface area contributed by atoms with Crippen LogP contribution in [0.4, 0.5) is 0 Å². The SMILES string of the molecule is COc1ncc(-c2cc(Cl)c3c(c2)C[C@H](CN)O3)c(OC)n1. The summed E-state index contributed by atoms with van der Waals surface area (Å²) in [6.07, 6.45) is 2.36. The van der Waals surface area contributed by atoms with Gasteiger partial charge in [-0.15, -0.1) is 0 Å². The zero-order valence-corrected chi connectivity index (χ0v) is 13.1. The summed E-state index contributed by atoms with van der Waals surface area (Å²) in [6.45, 7) is 0.454. The fourth-order valence-corrected chi connectivity index (χ4v) is 2.76. The maximum atomic E-state index is 6.33. The Balaban J connectivity index is 2.05. The number of halogens is 1. The standard InChI is InChI=1S/C15H16ClN3O3/c1-20-14-11(7-18-15(19-14)21-2)8-3-9-4-10(6-17)22-13(9)12(16)5-8/h3,5,7,10H,4,6,17H2,1-2H3/t10-/m1/s1. The van der Waals surface area contributed by atoms with Crippen molar-refractivity contribution in [3.05, 3.63) is 28.9 Å². The van der Waals surface area contributed by atoms with Gasteiger partial charge in [-0.25, -0.2) is 4.98 Å². The minimum atomic E-state index is -0.0308. The molecule has 0 saturated carbocycles. The molecule has 7 heteroatoms. The van der Waals surface area contributed by atoms with Gasteiger partial charge in [0.15, 0.2) is 0 Å². The van der Waals surface area contributed by atoms with E-state index in [2.05, 4.69) is 9.97 Å². The zero-order chi connectivity index (χ0) is 15.7. The lowest BCUT2D eigenvalue weighted by atomic mass is 10.0. The fourth-order valence-electron chi connectivity index (χ4n) is 2.48. The normalized spacial score (nSPS) is 16.1. The summed E-state index contributed by atoms with van der Waals surface area (Å²) >= 11 is 6.33. The average Bonchev–Trinajstić information content (AvgIpc) is 2.98. The Morgan fingerprint density at radius 1 is 1.36 bits per heavy atom. The molecule has 2 N–H and O–H groups in total. The summed E-state index contributed by atoms with van der Waals surface area (Å²) in [4.78, 5) is 8.32. The Morgan fingerprint density at radius 2 is 2.18 bits per heavy atom. The number of methoxy groups -OCH3 is 2. The summed E-state index contributed by atoms with van der Waals surface area (Å²) in [7, 11) is 3.05. The molecular weight excluding hydrogens is 306 g/mol. The van der Waals surface area contributed by atoms with E-state index in [9.17, 15) is 0 Å². The van der Waals surface area contributed by atoms with Crippen molar-refractivity contribution in [2.24, 2.45) is 5.73 Å². The van der Waals surface area contributed by atoms with Gasteiger partial charge in [0, 0.05) is 24.7 Å². The van der Waals surface area contributed by atoms with Crippen molar-refractivity contribution in [3.8, 4) is 28.8 Å². The van der Waals surface area contributed by atoms with Crippen molar-refractivity contribution >= 4 is 11.6 Å². The van der Waals surface area contributed by atoms with Crippen molar-refractivity contribution in [1.82, 2.24) is 9.97 Å². The van der Waals surface area contributed by atoms with Gasteiger partial charge in [-0.3, -0.25) is 0 Å². The van der Waals surface area contributed by atoms with Crippen molar-refractivity contribution in [3.63, 3.8) is 0 Å². The second kappa shape index (κ2) is 5.98. The third kappa shape index (κ3) is 2.55. The monoisotopic (exact) mass is 321 g/mol. The van der Waals surface area contributed by atoms with Gasteiger partial charge in [0.2, 0.25) is 5.88 Å². The summed E-state index contributed by atoms with van der Waals surface area (Å²) < 4.78 is 16.1. The van der Waals surface area contributed by atoms with Gasteiger partial charge >= 0.3 is 6.01 Å². The molecule has 1 aromatic heterocycles. The minimum absolute atomic E-state index is 0.0308. The number of fused-ring (bicyclic) bond motifs is 1. The van der Waals surface area contributed by atoms with Gasteiger partial charge < -0.3 is 19.9 Å². The third-order valence-electron chi connectivity index (χ3n) is 3.53. The highest BCUT2D eigenvalue weighted by Gasteiger charge is 2.25. The van der Waals surface area contributed by atoms with Crippen molar-refractivity contribution in [2.45, 2.75) is 12.5 Å². The quantitative estimate of drug-likeness (QED) is 0.928. The fraction of sp³-hybridized carbons (Fsp3) is 0.333. The molecule has 1 aromatic carbocycles. The number of aromatic nitrogens is 2. The number of benzene rings is 1. The van der Waals surface area contributed by atoms with Crippen LogP contribution in [-0.2, 0) is 6.42 Å². The van der Waals surface area contributed by atoms with Crippen LogP contribution in [0.2, 0.25) is 5.02 Å². The van der Waals surface area contributed by atoms with Gasteiger partial charge in [0.1, 0.15) is 11.9 Å². The van der Waals surface area contributed by atoms with Crippen LogP contribution in [0.5, 0.6) is 17.6 Å².